The summed E-state index contributed by atoms with van der Waals surface area (Å²) in [6.45, 7) is 3.30. The molecule has 1 aliphatic heterocycles. The van der Waals surface area contributed by atoms with Crippen LogP contribution < -0.4 is 0 Å². The van der Waals surface area contributed by atoms with Gasteiger partial charge in [0.1, 0.15) is 0 Å². The van der Waals surface area contributed by atoms with Crippen LogP contribution in [0.2, 0.25) is 0 Å². The van der Waals surface area contributed by atoms with Crippen molar-refractivity contribution >= 4 is 10.8 Å². The van der Waals surface area contributed by atoms with Gasteiger partial charge in [0.2, 0.25) is 0 Å². The number of hydrogen-bond donors (Lipinski definition) is 0. The first kappa shape index (κ1) is 8.69. The Bertz CT molecular complexity index is 199. The summed E-state index contributed by atoms with van der Waals surface area (Å²) in [5.41, 5.74) is 0. The van der Waals surface area contributed by atoms with E-state index in [9.17, 15) is 4.21 Å². The van der Waals surface area contributed by atoms with Crippen molar-refractivity contribution in [3.8, 4) is 6.07 Å². The number of hydrogen-bond acceptors (Lipinski definition) is 3. The lowest BCUT2D eigenvalue weighted by Crippen LogP contribution is -2.44. The Labute approximate surface area is 69.4 Å². The molecule has 11 heavy (non-hydrogen) atoms. The molecule has 1 rings (SSSR count). The standard InChI is InChI=1S/C7H12N2OS/c1-7-6-11(10)5-4-9(7)3-2-8/h7H,3-6H2,1H3. The van der Waals surface area contributed by atoms with Crippen molar-refractivity contribution in [2.75, 3.05) is 24.6 Å². The summed E-state index contributed by atoms with van der Waals surface area (Å²) in [5, 5.41) is 8.43. The van der Waals surface area contributed by atoms with Gasteiger partial charge in [0, 0.05) is 34.9 Å². The quantitative estimate of drug-likeness (QED) is 0.521. The molecule has 62 valence electrons. The van der Waals surface area contributed by atoms with Gasteiger partial charge in [-0.15, -0.1) is 0 Å². The SMILES string of the molecule is CC1CS(=O)CCN1CC#N. The van der Waals surface area contributed by atoms with Gasteiger partial charge < -0.3 is 0 Å². The molecular weight excluding hydrogens is 160 g/mol. The zero-order valence-electron chi connectivity index (χ0n) is 6.62. The Morgan fingerprint density at radius 2 is 2.55 bits per heavy atom. The van der Waals surface area contributed by atoms with E-state index in [1.54, 1.807) is 0 Å². The molecule has 0 aromatic carbocycles. The molecule has 3 nitrogen and oxygen atoms in total. The van der Waals surface area contributed by atoms with Crippen molar-refractivity contribution in [1.82, 2.24) is 4.90 Å². The first-order valence-corrected chi connectivity index (χ1v) is 5.19. The first-order chi connectivity index (χ1) is 5.24. The molecule has 0 radical (unpaired) electrons. The minimum atomic E-state index is -0.646. The van der Waals surface area contributed by atoms with Gasteiger partial charge in [-0.1, -0.05) is 0 Å². The van der Waals surface area contributed by atoms with Gasteiger partial charge >= 0.3 is 0 Å². The second kappa shape index (κ2) is 3.84. The van der Waals surface area contributed by atoms with E-state index < -0.39 is 10.8 Å². The van der Waals surface area contributed by atoms with Gasteiger partial charge in [0.15, 0.2) is 0 Å². The Morgan fingerprint density at radius 1 is 1.82 bits per heavy atom. The lowest BCUT2D eigenvalue weighted by molar-refractivity contribution is 0.258. The fourth-order valence-electron chi connectivity index (χ4n) is 1.22. The van der Waals surface area contributed by atoms with E-state index in [0.717, 1.165) is 18.1 Å². The van der Waals surface area contributed by atoms with Crippen LogP contribution >= 0.6 is 0 Å². The molecular formula is C7H12N2OS. The molecule has 1 heterocycles. The van der Waals surface area contributed by atoms with Crippen molar-refractivity contribution in [2.45, 2.75) is 13.0 Å². The van der Waals surface area contributed by atoms with E-state index >= 15 is 0 Å². The third-order valence-electron chi connectivity index (χ3n) is 1.93. The van der Waals surface area contributed by atoms with E-state index in [4.69, 9.17) is 5.26 Å². The summed E-state index contributed by atoms with van der Waals surface area (Å²) in [6.07, 6.45) is 0. The van der Waals surface area contributed by atoms with Gasteiger partial charge in [-0.3, -0.25) is 9.11 Å². The number of rotatable bonds is 1. The predicted molar refractivity (Wildman–Crippen MR) is 44.5 cm³/mol. The molecule has 2 atom stereocenters. The van der Waals surface area contributed by atoms with E-state index in [2.05, 4.69) is 11.0 Å². The highest BCUT2D eigenvalue weighted by molar-refractivity contribution is 7.85. The fourth-order valence-corrected chi connectivity index (χ4v) is 2.58. The monoisotopic (exact) mass is 172 g/mol. The molecule has 1 aliphatic rings. The Balaban J connectivity index is 2.45. The molecule has 1 saturated heterocycles. The van der Waals surface area contributed by atoms with Crippen LogP contribution in [-0.2, 0) is 10.8 Å². The predicted octanol–water partition coefficient (Wildman–Crippen LogP) is -0.0372. The fraction of sp³-hybridized carbons (Fsp3) is 0.857. The molecule has 0 amide bonds. The lowest BCUT2D eigenvalue weighted by atomic mass is 10.3. The Morgan fingerprint density at radius 3 is 3.09 bits per heavy atom. The second-order valence-corrected chi connectivity index (χ2v) is 4.41. The molecule has 0 spiro atoms. The summed E-state index contributed by atoms with van der Waals surface area (Å²) in [4.78, 5) is 2.07. The van der Waals surface area contributed by atoms with E-state index in [0.29, 0.717) is 12.6 Å². The lowest BCUT2D eigenvalue weighted by Gasteiger charge is -2.30. The van der Waals surface area contributed by atoms with E-state index in [-0.39, 0.29) is 0 Å². The minimum Gasteiger partial charge on any atom is -0.286 e. The highest BCUT2D eigenvalue weighted by atomic mass is 32.2. The van der Waals surface area contributed by atoms with Crippen LogP contribution in [0, 0.1) is 11.3 Å². The van der Waals surface area contributed by atoms with Crippen molar-refractivity contribution < 1.29 is 4.21 Å². The molecule has 1 fully saturated rings. The average Bonchev–Trinajstić information content (AvgIpc) is 1.95. The first-order valence-electron chi connectivity index (χ1n) is 3.70. The molecule has 4 heteroatoms. The molecule has 0 N–H and O–H groups in total. The highest BCUT2D eigenvalue weighted by Crippen LogP contribution is 2.06. The molecule has 0 bridgehead atoms. The van der Waals surface area contributed by atoms with E-state index in [1.165, 1.54) is 0 Å². The average molecular weight is 172 g/mol. The van der Waals surface area contributed by atoms with Crippen molar-refractivity contribution in [2.24, 2.45) is 0 Å². The molecule has 0 saturated carbocycles. The largest absolute Gasteiger partial charge is 0.286 e. The molecule has 0 aromatic heterocycles. The zero-order chi connectivity index (χ0) is 8.27. The van der Waals surface area contributed by atoms with Gasteiger partial charge in [-0.05, 0) is 6.92 Å². The van der Waals surface area contributed by atoms with Gasteiger partial charge in [-0.25, -0.2) is 0 Å². The molecule has 2 unspecified atom stereocenters. The zero-order valence-corrected chi connectivity index (χ0v) is 7.43. The van der Waals surface area contributed by atoms with Crippen molar-refractivity contribution in [3.63, 3.8) is 0 Å². The highest BCUT2D eigenvalue weighted by Gasteiger charge is 2.21. The topological polar surface area (TPSA) is 44.1 Å². The third kappa shape index (κ3) is 2.28. The maximum absolute atomic E-state index is 11.0. The third-order valence-corrected chi connectivity index (χ3v) is 3.42. The van der Waals surface area contributed by atoms with Crippen LogP contribution in [0.15, 0.2) is 0 Å². The van der Waals surface area contributed by atoms with Crippen molar-refractivity contribution in [3.05, 3.63) is 0 Å². The van der Waals surface area contributed by atoms with E-state index in [1.807, 2.05) is 6.92 Å². The summed E-state index contributed by atoms with van der Waals surface area (Å²) in [7, 11) is -0.646. The normalized spacial score (nSPS) is 33.1. The van der Waals surface area contributed by atoms with Crippen LogP contribution in [0.3, 0.4) is 0 Å². The summed E-state index contributed by atoms with van der Waals surface area (Å²) in [6, 6.07) is 2.42. The molecule has 0 aliphatic carbocycles. The minimum absolute atomic E-state index is 0.309. The summed E-state index contributed by atoms with van der Waals surface area (Å²) < 4.78 is 11.0. The Kier molecular flexibility index (Phi) is 3.03. The summed E-state index contributed by atoms with van der Waals surface area (Å²) in [5.74, 6) is 1.45. The maximum Gasteiger partial charge on any atom is 0.0868 e. The number of nitriles is 1. The maximum atomic E-state index is 11.0. The number of nitrogens with zero attached hydrogens (tertiary/aromatic N) is 2. The van der Waals surface area contributed by atoms with Gasteiger partial charge in [0.25, 0.3) is 0 Å². The van der Waals surface area contributed by atoms with Gasteiger partial charge in [-0.2, -0.15) is 5.26 Å². The molecule has 0 aromatic rings. The Hall–Kier alpha value is -0.400. The second-order valence-electron chi connectivity index (χ2n) is 2.79. The van der Waals surface area contributed by atoms with Crippen molar-refractivity contribution in [1.29, 1.82) is 5.26 Å². The smallest absolute Gasteiger partial charge is 0.0868 e. The summed E-state index contributed by atoms with van der Waals surface area (Å²) >= 11 is 0. The van der Waals surface area contributed by atoms with Crippen LogP contribution in [0.4, 0.5) is 0 Å². The van der Waals surface area contributed by atoms with Crippen LogP contribution in [0.25, 0.3) is 0 Å². The van der Waals surface area contributed by atoms with Crippen LogP contribution in [0.5, 0.6) is 0 Å². The van der Waals surface area contributed by atoms with Crippen LogP contribution in [-0.4, -0.2) is 39.7 Å². The van der Waals surface area contributed by atoms with Gasteiger partial charge in [0.05, 0.1) is 12.6 Å². The van der Waals surface area contributed by atoms with Crippen LogP contribution in [0.1, 0.15) is 6.92 Å².